The summed E-state index contributed by atoms with van der Waals surface area (Å²) in [6.07, 6.45) is 2.95. The molecule has 70 valence electrons. The molecule has 0 aliphatic heterocycles. The Morgan fingerprint density at radius 2 is 2.00 bits per heavy atom. The van der Waals surface area contributed by atoms with E-state index in [1.54, 1.807) is 0 Å². The normalized spacial score (nSPS) is 25.2. The van der Waals surface area contributed by atoms with E-state index in [9.17, 15) is 0 Å². The molecule has 2 aromatic rings. The Labute approximate surface area is 82.8 Å². The van der Waals surface area contributed by atoms with E-state index in [0.29, 0.717) is 12.0 Å². The number of para-hydroxylation sites is 1. The number of pyridine rings is 1. The monoisotopic (exact) mass is 184 g/mol. The first kappa shape index (κ1) is 7.94. The van der Waals surface area contributed by atoms with Gasteiger partial charge in [-0.3, -0.25) is 4.98 Å². The van der Waals surface area contributed by atoms with Crippen molar-refractivity contribution in [1.29, 1.82) is 0 Å². The van der Waals surface area contributed by atoms with Crippen LogP contribution in [0.15, 0.2) is 36.5 Å². The molecule has 1 saturated carbocycles. The maximum Gasteiger partial charge on any atom is 0.0737 e. The first-order chi connectivity index (χ1) is 6.86. The maximum atomic E-state index is 5.86. The molecule has 14 heavy (non-hydrogen) atoms. The van der Waals surface area contributed by atoms with Crippen LogP contribution in [0.5, 0.6) is 0 Å². The molecule has 1 aliphatic carbocycles. The van der Waals surface area contributed by atoms with Gasteiger partial charge in [0.15, 0.2) is 0 Å². The molecule has 1 aliphatic rings. The molecular weight excluding hydrogens is 172 g/mol. The summed E-state index contributed by atoms with van der Waals surface area (Å²) in [5, 5.41) is 1.21. The summed E-state index contributed by atoms with van der Waals surface area (Å²) in [7, 11) is 0. The third-order valence-electron chi connectivity index (χ3n) is 2.90. The van der Waals surface area contributed by atoms with Gasteiger partial charge in [0.25, 0.3) is 0 Å². The largest absolute Gasteiger partial charge is 0.327 e. The summed E-state index contributed by atoms with van der Waals surface area (Å²) in [6.45, 7) is 0. The smallest absolute Gasteiger partial charge is 0.0737 e. The zero-order valence-electron chi connectivity index (χ0n) is 7.85. The van der Waals surface area contributed by atoms with Crippen LogP contribution in [0.3, 0.4) is 0 Å². The molecule has 2 nitrogen and oxygen atoms in total. The van der Waals surface area contributed by atoms with E-state index in [1.807, 2.05) is 12.3 Å². The molecule has 0 spiro atoms. The topological polar surface area (TPSA) is 38.9 Å². The van der Waals surface area contributed by atoms with Crippen molar-refractivity contribution >= 4 is 10.9 Å². The number of aromatic nitrogens is 1. The van der Waals surface area contributed by atoms with Crippen LogP contribution < -0.4 is 5.73 Å². The van der Waals surface area contributed by atoms with Gasteiger partial charge in [0.1, 0.15) is 0 Å². The van der Waals surface area contributed by atoms with Crippen molar-refractivity contribution in [2.45, 2.75) is 18.4 Å². The van der Waals surface area contributed by atoms with Crippen molar-refractivity contribution in [2.75, 3.05) is 0 Å². The van der Waals surface area contributed by atoms with E-state index in [4.69, 9.17) is 5.73 Å². The number of rotatable bonds is 1. The van der Waals surface area contributed by atoms with Gasteiger partial charge in [-0.1, -0.05) is 24.3 Å². The van der Waals surface area contributed by atoms with Crippen LogP contribution in [-0.4, -0.2) is 11.0 Å². The number of hydrogen-bond acceptors (Lipinski definition) is 2. The molecule has 0 bridgehead atoms. The Hall–Kier alpha value is -1.41. The summed E-state index contributed by atoms with van der Waals surface area (Å²) >= 11 is 0. The molecule has 1 aromatic heterocycles. The first-order valence-electron chi connectivity index (χ1n) is 4.95. The fourth-order valence-corrected chi connectivity index (χ4v) is 2.00. The quantitative estimate of drug-likeness (QED) is 0.736. The van der Waals surface area contributed by atoms with Gasteiger partial charge in [-0.2, -0.15) is 0 Å². The van der Waals surface area contributed by atoms with Gasteiger partial charge in [-0.15, -0.1) is 0 Å². The highest BCUT2D eigenvalue weighted by Gasteiger charge is 2.36. The molecule has 1 heterocycles. The summed E-state index contributed by atoms with van der Waals surface area (Å²) < 4.78 is 0. The lowest BCUT2D eigenvalue weighted by Gasteiger charge is -2.03. The Kier molecular flexibility index (Phi) is 1.58. The fourth-order valence-electron chi connectivity index (χ4n) is 2.00. The predicted octanol–water partition coefficient (Wildman–Crippen LogP) is 2.05. The van der Waals surface area contributed by atoms with E-state index >= 15 is 0 Å². The van der Waals surface area contributed by atoms with Crippen LogP contribution in [0, 0.1) is 0 Å². The predicted molar refractivity (Wildman–Crippen MR) is 57.1 cm³/mol. The highest BCUT2D eigenvalue weighted by molar-refractivity contribution is 5.82. The van der Waals surface area contributed by atoms with Gasteiger partial charge >= 0.3 is 0 Å². The molecule has 0 radical (unpaired) electrons. The lowest BCUT2D eigenvalue weighted by atomic mass is 10.1. The van der Waals surface area contributed by atoms with Crippen LogP contribution in [0.4, 0.5) is 0 Å². The van der Waals surface area contributed by atoms with Crippen molar-refractivity contribution in [3.63, 3.8) is 0 Å². The van der Waals surface area contributed by atoms with E-state index < -0.39 is 0 Å². The van der Waals surface area contributed by atoms with E-state index in [0.717, 1.165) is 11.9 Å². The van der Waals surface area contributed by atoms with Crippen LogP contribution in [-0.2, 0) is 0 Å². The molecule has 2 unspecified atom stereocenters. The second-order valence-corrected chi connectivity index (χ2v) is 3.93. The molecule has 2 atom stereocenters. The lowest BCUT2D eigenvalue weighted by molar-refractivity contribution is 0.994. The molecular formula is C12H12N2. The van der Waals surface area contributed by atoms with Gasteiger partial charge in [-0.25, -0.2) is 0 Å². The van der Waals surface area contributed by atoms with Gasteiger partial charge < -0.3 is 5.73 Å². The van der Waals surface area contributed by atoms with Crippen molar-refractivity contribution in [3.05, 3.63) is 42.1 Å². The maximum absolute atomic E-state index is 5.86. The number of fused-ring (bicyclic) bond motifs is 1. The van der Waals surface area contributed by atoms with Gasteiger partial charge in [0, 0.05) is 23.5 Å². The third kappa shape index (κ3) is 1.11. The SMILES string of the molecule is NC1CC1c1cccc2cccnc12. The zero-order chi connectivity index (χ0) is 9.54. The minimum Gasteiger partial charge on any atom is -0.327 e. The molecule has 2 N–H and O–H groups in total. The van der Waals surface area contributed by atoms with Gasteiger partial charge in [0.2, 0.25) is 0 Å². The van der Waals surface area contributed by atoms with Crippen LogP contribution >= 0.6 is 0 Å². The average molecular weight is 184 g/mol. The molecule has 2 heteroatoms. The minimum absolute atomic E-state index is 0.350. The number of benzene rings is 1. The molecule has 0 amide bonds. The zero-order valence-corrected chi connectivity index (χ0v) is 7.85. The van der Waals surface area contributed by atoms with Gasteiger partial charge in [-0.05, 0) is 18.1 Å². The second-order valence-electron chi connectivity index (χ2n) is 3.93. The fraction of sp³-hybridized carbons (Fsp3) is 0.250. The molecule has 0 saturated heterocycles. The Morgan fingerprint density at radius 1 is 1.21 bits per heavy atom. The van der Waals surface area contributed by atoms with Crippen LogP contribution in [0.1, 0.15) is 17.9 Å². The summed E-state index contributed by atoms with van der Waals surface area (Å²) in [6, 6.07) is 10.7. The van der Waals surface area contributed by atoms with Gasteiger partial charge in [0.05, 0.1) is 5.52 Å². The van der Waals surface area contributed by atoms with Crippen molar-refractivity contribution in [3.8, 4) is 0 Å². The standard InChI is InChI=1S/C12H12N2/c13-11-7-10(11)9-5-1-3-8-4-2-6-14-12(8)9/h1-6,10-11H,7,13H2. The Bertz CT molecular complexity index is 473. The Balaban J connectivity index is 2.23. The number of hydrogen-bond donors (Lipinski definition) is 1. The highest BCUT2D eigenvalue weighted by Crippen LogP contribution is 2.41. The van der Waals surface area contributed by atoms with E-state index in [1.165, 1.54) is 10.9 Å². The number of nitrogens with two attached hydrogens (primary N) is 1. The summed E-state index contributed by atoms with van der Waals surface area (Å²) in [4.78, 5) is 4.42. The average Bonchev–Trinajstić information content (AvgIpc) is 2.95. The minimum atomic E-state index is 0.350. The summed E-state index contributed by atoms with van der Waals surface area (Å²) in [5.41, 5.74) is 8.30. The third-order valence-corrected chi connectivity index (χ3v) is 2.90. The van der Waals surface area contributed by atoms with Crippen molar-refractivity contribution in [2.24, 2.45) is 5.73 Å². The summed E-state index contributed by atoms with van der Waals surface area (Å²) in [5.74, 6) is 0.536. The molecule has 3 rings (SSSR count). The lowest BCUT2D eigenvalue weighted by Crippen LogP contribution is -2.01. The second kappa shape index (κ2) is 2.79. The van der Waals surface area contributed by atoms with E-state index in [-0.39, 0.29) is 0 Å². The van der Waals surface area contributed by atoms with Crippen LogP contribution in [0.2, 0.25) is 0 Å². The van der Waals surface area contributed by atoms with Crippen molar-refractivity contribution in [1.82, 2.24) is 4.98 Å². The first-order valence-corrected chi connectivity index (χ1v) is 4.95. The Morgan fingerprint density at radius 3 is 2.79 bits per heavy atom. The van der Waals surface area contributed by atoms with Crippen molar-refractivity contribution < 1.29 is 0 Å². The highest BCUT2D eigenvalue weighted by atomic mass is 14.8. The number of nitrogens with zero attached hydrogens (tertiary/aromatic N) is 1. The molecule has 1 fully saturated rings. The van der Waals surface area contributed by atoms with Crippen LogP contribution in [0.25, 0.3) is 10.9 Å². The molecule has 1 aromatic carbocycles. The van der Waals surface area contributed by atoms with E-state index in [2.05, 4.69) is 29.2 Å².